The number of carbonyl (C=O) groups excluding carboxylic acids is 1. The minimum atomic E-state index is -4.03. The van der Waals surface area contributed by atoms with Gasteiger partial charge >= 0.3 is 0 Å². The number of aromatic nitrogens is 2. The molecular formula is C25H29N3O4S2. The average Bonchev–Trinajstić information content (AvgIpc) is 2.77. The van der Waals surface area contributed by atoms with Crippen molar-refractivity contribution in [2.75, 3.05) is 11.1 Å². The van der Waals surface area contributed by atoms with Gasteiger partial charge in [-0.15, -0.1) is 0 Å². The molecule has 0 aliphatic heterocycles. The molecule has 0 aliphatic rings. The zero-order valence-electron chi connectivity index (χ0n) is 19.9. The molecule has 0 fully saturated rings. The van der Waals surface area contributed by atoms with Crippen LogP contribution in [-0.4, -0.2) is 30.0 Å². The van der Waals surface area contributed by atoms with Gasteiger partial charge in [-0.3, -0.25) is 9.59 Å². The van der Waals surface area contributed by atoms with Crippen molar-refractivity contribution in [1.82, 2.24) is 9.97 Å². The van der Waals surface area contributed by atoms with E-state index in [0.717, 1.165) is 23.5 Å². The fourth-order valence-electron chi connectivity index (χ4n) is 3.18. The Balaban J connectivity index is 1.67. The summed E-state index contributed by atoms with van der Waals surface area (Å²) in [6.07, 6.45) is 1.04. The van der Waals surface area contributed by atoms with Gasteiger partial charge in [0.15, 0.2) is 10.1 Å². The molecule has 1 aromatic heterocycles. The predicted octanol–water partition coefficient (Wildman–Crippen LogP) is 4.75. The summed E-state index contributed by atoms with van der Waals surface area (Å²) in [4.78, 5) is 30.9. The second-order valence-corrected chi connectivity index (χ2v) is 12.2. The lowest BCUT2D eigenvalue weighted by Gasteiger charge is -2.19. The number of rotatable bonds is 7. The standard InChI is InChI=1S/C25H29N3O4S2/c1-16(2)17-6-10-19(11-7-17)27-22(29)15-33-24-26-14-21(23(30)28-24)34(31,32)20-12-8-18(9-13-20)25(3,4)5/h6-14,16H,15H2,1-5H3,(H,27,29)(H,26,28,30). The van der Waals surface area contributed by atoms with Crippen LogP contribution in [0.15, 0.2) is 74.5 Å². The van der Waals surface area contributed by atoms with Gasteiger partial charge in [-0.1, -0.05) is 70.6 Å². The first-order valence-corrected chi connectivity index (χ1v) is 13.3. The molecule has 0 atom stereocenters. The van der Waals surface area contributed by atoms with E-state index in [1.54, 1.807) is 12.1 Å². The zero-order valence-corrected chi connectivity index (χ0v) is 21.5. The Bertz CT molecular complexity index is 1320. The van der Waals surface area contributed by atoms with Crippen LogP contribution in [0.1, 0.15) is 51.7 Å². The minimum absolute atomic E-state index is 0.00916. The Morgan fingerprint density at radius 1 is 1.06 bits per heavy atom. The average molecular weight is 500 g/mol. The monoisotopic (exact) mass is 499 g/mol. The van der Waals surface area contributed by atoms with Crippen LogP contribution in [-0.2, 0) is 20.0 Å². The number of H-pyrrole nitrogens is 1. The summed E-state index contributed by atoms with van der Waals surface area (Å²) in [5.74, 6) is 0.147. The maximum Gasteiger partial charge on any atom is 0.270 e. The Kier molecular flexibility index (Phi) is 7.67. The van der Waals surface area contributed by atoms with E-state index in [1.165, 1.54) is 17.7 Å². The number of carbonyl (C=O) groups is 1. The summed E-state index contributed by atoms with van der Waals surface area (Å²) < 4.78 is 25.9. The largest absolute Gasteiger partial charge is 0.325 e. The van der Waals surface area contributed by atoms with Crippen LogP contribution in [0.5, 0.6) is 0 Å². The third kappa shape index (κ3) is 6.15. The van der Waals surface area contributed by atoms with Gasteiger partial charge < -0.3 is 10.3 Å². The van der Waals surface area contributed by atoms with E-state index in [-0.39, 0.29) is 27.1 Å². The molecule has 3 rings (SSSR count). The van der Waals surface area contributed by atoms with E-state index in [4.69, 9.17) is 0 Å². The van der Waals surface area contributed by atoms with Crippen LogP contribution in [0.3, 0.4) is 0 Å². The quantitative estimate of drug-likeness (QED) is 0.359. The van der Waals surface area contributed by atoms with Crippen LogP contribution in [0.4, 0.5) is 5.69 Å². The van der Waals surface area contributed by atoms with E-state index >= 15 is 0 Å². The number of thioether (sulfide) groups is 1. The van der Waals surface area contributed by atoms with E-state index < -0.39 is 20.3 Å². The van der Waals surface area contributed by atoms with Gasteiger partial charge in [-0.05, 0) is 46.7 Å². The van der Waals surface area contributed by atoms with Crippen LogP contribution in [0.25, 0.3) is 0 Å². The summed E-state index contributed by atoms with van der Waals surface area (Å²) in [5, 5.41) is 2.95. The van der Waals surface area contributed by atoms with E-state index in [9.17, 15) is 18.0 Å². The molecule has 0 spiro atoms. The van der Waals surface area contributed by atoms with Crippen molar-refractivity contribution in [3.8, 4) is 0 Å². The van der Waals surface area contributed by atoms with Crippen LogP contribution in [0, 0.1) is 0 Å². The van der Waals surface area contributed by atoms with Crippen molar-refractivity contribution in [3.63, 3.8) is 0 Å². The molecule has 2 aromatic carbocycles. The fraction of sp³-hybridized carbons (Fsp3) is 0.320. The molecule has 0 unspecified atom stereocenters. The third-order valence-corrected chi connectivity index (χ3v) is 7.91. The summed E-state index contributed by atoms with van der Waals surface area (Å²) in [5.41, 5.74) is 1.94. The Morgan fingerprint density at radius 2 is 1.68 bits per heavy atom. The van der Waals surface area contributed by atoms with Crippen molar-refractivity contribution < 1.29 is 13.2 Å². The summed E-state index contributed by atoms with van der Waals surface area (Å²) >= 11 is 1.02. The zero-order chi connectivity index (χ0) is 25.1. The highest BCUT2D eigenvalue weighted by molar-refractivity contribution is 7.99. The second-order valence-electron chi connectivity index (χ2n) is 9.27. The summed E-state index contributed by atoms with van der Waals surface area (Å²) in [7, 11) is -4.03. The topological polar surface area (TPSA) is 109 Å². The number of anilines is 1. The fourth-order valence-corrected chi connectivity index (χ4v) is 5.04. The molecule has 0 bridgehead atoms. The van der Waals surface area contributed by atoms with Gasteiger partial charge in [-0.25, -0.2) is 13.4 Å². The molecule has 9 heteroatoms. The molecular weight excluding hydrogens is 470 g/mol. The van der Waals surface area contributed by atoms with Gasteiger partial charge in [-0.2, -0.15) is 0 Å². The van der Waals surface area contributed by atoms with Crippen molar-refractivity contribution in [3.05, 3.63) is 76.2 Å². The summed E-state index contributed by atoms with van der Waals surface area (Å²) in [6.45, 7) is 10.3. The van der Waals surface area contributed by atoms with Crippen LogP contribution in [0.2, 0.25) is 0 Å². The number of amides is 1. The van der Waals surface area contributed by atoms with E-state index in [2.05, 4.69) is 29.1 Å². The normalized spacial score (nSPS) is 12.1. The number of nitrogens with zero attached hydrogens (tertiary/aromatic N) is 1. The number of benzene rings is 2. The maximum atomic E-state index is 12.9. The van der Waals surface area contributed by atoms with Crippen LogP contribution < -0.4 is 10.9 Å². The Morgan fingerprint density at radius 3 is 2.21 bits per heavy atom. The Labute approximate surface area is 204 Å². The summed E-state index contributed by atoms with van der Waals surface area (Å²) in [6, 6.07) is 14.1. The molecule has 34 heavy (non-hydrogen) atoms. The SMILES string of the molecule is CC(C)c1ccc(NC(=O)CSc2ncc(S(=O)(=O)c3ccc(C(C)(C)C)cc3)c(=O)[nH]2)cc1. The van der Waals surface area contributed by atoms with Crippen molar-refractivity contribution in [2.24, 2.45) is 0 Å². The van der Waals surface area contributed by atoms with Gasteiger partial charge in [0.05, 0.1) is 16.8 Å². The number of hydrogen-bond acceptors (Lipinski definition) is 6. The third-order valence-electron chi connectivity index (χ3n) is 5.26. The van der Waals surface area contributed by atoms with Crippen molar-refractivity contribution in [2.45, 2.75) is 60.9 Å². The molecule has 0 saturated carbocycles. The van der Waals surface area contributed by atoms with Crippen molar-refractivity contribution >= 4 is 33.2 Å². The first-order valence-electron chi connectivity index (χ1n) is 10.9. The number of sulfone groups is 1. The van der Waals surface area contributed by atoms with Gasteiger partial charge in [0.2, 0.25) is 15.7 Å². The number of hydrogen-bond donors (Lipinski definition) is 2. The number of aromatic amines is 1. The highest BCUT2D eigenvalue weighted by Crippen LogP contribution is 2.25. The molecule has 1 amide bonds. The lowest BCUT2D eigenvalue weighted by Crippen LogP contribution is -2.20. The predicted molar refractivity (Wildman–Crippen MR) is 135 cm³/mol. The highest BCUT2D eigenvalue weighted by Gasteiger charge is 2.23. The first kappa shape index (κ1) is 25.7. The smallest absolute Gasteiger partial charge is 0.270 e. The van der Waals surface area contributed by atoms with E-state index in [0.29, 0.717) is 11.6 Å². The molecule has 3 aromatic rings. The first-order chi connectivity index (χ1) is 15.9. The molecule has 2 N–H and O–H groups in total. The van der Waals surface area contributed by atoms with Crippen LogP contribution >= 0.6 is 11.8 Å². The minimum Gasteiger partial charge on any atom is -0.325 e. The lowest BCUT2D eigenvalue weighted by atomic mass is 9.87. The molecule has 0 aliphatic carbocycles. The van der Waals surface area contributed by atoms with Gasteiger partial charge in [0, 0.05) is 5.69 Å². The molecule has 0 saturated heterocycles. The van der Waals surface area contributed by atoms with E-state index in [1.807, 2.05) is 45.0 Å². The number of nitrogens with one attached hydrogen (secondary N) is 2. The molecule has 7 nitrogen and oxygen atoms in total. The Hall–Kier alpha value is -2.91. The molecule has 1 heterocycles. The highest BCUT2D eigenvalue weighted by atomic mass is 32.2. The van der Waals surface area contributed by atoms with Crippen molar-refractivity contribution in [1.29, 1.82) is 0 Å². The van der Waals surface area contributed by atoms with Gasteiger partial charge in [0.1, 0.15) is 0 Å². The van der Waals surface area contributed by atoms with Gasteiger partial charge in [0.25, 0.3) is 5.56 Å². The molecule has 180 valence electrons. The maximum absolute atomic E-state index is 12.9. The molecule has 0 radical (unpaired) electrons. The lowest BCUT2D eigenvalue weighted by molar-refractivity contribution is -0.113. The second kappa shape index (κ2) is 10.1.